The Morgan fingerprint density at radius 2 is 1.45 bits per heavy atom. The third-order valence-corrected chi connectivity index (χ3v) is 6.98. The Morgan fingerprint density at radius 1 is 0.871 bits per heavy atom. The third-order valence-electron chi connectivity index (χ3n) is 4.87. The van der Waals surface area contributed by atoms with Gasteiger partial charge in [0.05, 0.1) is 10.1 Å². The first-order chi connectivity index (χ1) is 14.6. The van der Waals surface area contributed by atoms with Crippen molar-refractivity contribution in [3.8, 4) is 5.75 Å². The van der Waals surface area contributed by atoms with E-state index in [1.807, 2.05) is 39.8 Å². The van der Waals surface area contributed by atoms with Crippen molar-refractivity contribution in [2.75, 3.05) is 0 Å². The van der Waals surface area contributed by atoms with Crippen LogP contribution in [-0.2, 0) is 9.84 Å². The molecule has 1 unspecified atom stereocenters. The first-order valence-electron chi connectivity index (χ1n) is 10.2. The number of hydrogen-bond acceptors (Lipinski definition) is 4. The van der Waals surface area contributed by atoms with Crippen LogP contribution in [0.4, 0.5) is 0 Å². The van der Waals surface area contributed by atoms with Crippen LogP contribution < -0.4 is 4.74 Å². The lowest BCUT2D eigenvalue weighted by Crippen LogP contribution is -2.23. The van der Waals surface area contributed by atoms with E-state index in [1.54, 1.807) is 66.7 Å². The molecule has 0 aliphatic carbocycles. The van der Waals surface area contributed by atoms with Gasteiger partial charge in [-0.05, 0) is 57.5 Å². The Bertz CT molecular complexity index is 1120. The number of rotatable bonds is 7. The molecule has 0 saturated heterocycles. The summed E-state index contributed by atoms with van der Waals surface area (Å²) >= 11 is 0. The van der Waals surface area contributed by atoms with Crippen molar-refractivity contribution >= 4 is 15.6 Å². The van der Waals surface area contributed by atoms with Gasteiger partial charge in [0, 0.05) is 12.0 Å². The van der Waals surface area contributed by atoms with E-state index in [4.69, 9.17) is 4.74 Å². The van der Waals surface area contributed by atoms with E-state index < -0.39 is 15.1 Å². The largest absolute Gasteiger partial charge is 0.488 e. The van der Waals surface area contributed by atoms with E-state index in [0.717, 1.165) is 5.56 Å². The first-order valence-corrected chi connectivity index (χ1v) is 11.8. The van der Waals surface area contributed by atoms with E-state index in [1.165, 1.54) is 0 Å². The number of sulfone groups is 1. The van der Waals surface area contributed by atoms with Crippen molar-refractivity contribution in [3.05, 3.63) is 95.6 Å². The summed E-state index contributed by atoms with van der Waals surface area (Å²) in [7, 11) is -3.77. The predicted molar refractivity (Wildman–Crippen MR) is 123 cm³/mol. The van der Waals surface area contributed by atoms with Gasteiger partial charge >= 0.3 is 0 Å². The zero-order valence-electron chi connectivity index (χ0n) is 18.3. The lowest BCUT2D eigenvalue weighted by Gasteiger charge is -2.22. The molecule has 4 nitrogen and oxygen atoms in total. The van der Waals surface area contributed by atoms with Gasteiger partial charge in [0.1, 0.15) is 11.4 Å². The topological polar surface area (TPSA) is 60.4 Å². The second-order valence-electron chi connectivity index (χ2n) is 8.62. The summed E-state index contributed by atoms with van der Waals surface area (Å²) in [5.41, 5.74) is 1.75. The van der Waals surface area contributed by atoms with Crippen LogP contribution >= 0.6 is 0 Å². The van der Waals surface area contributed by atoms with Crippen LogP contribution in [0, 0.1) is 6.92 Å². The summed E-state index contributed by atoms with van der Waals surface area (Å²) in [4.78, 5) is 13.2. The van der Waals surface area contributed by atoms with E-state index in [2.05, 4.69) is 0 Å². The van der Waals surface area contributed by atoms with Crippen molar-refractivity contribution in [2.45, 2.75) is 49.9 Å². The quantitative estimate of drug-likeness (QED) is 0.429. The number of aryl methyl sites for hydroxylation is 1. The van der Waals surface area contributed by atoms with Crippen LogP contribution in [0.2, 0.25) is 0 Å². The van der Waals surface area contributed by atoms with Gasteiger partial charge in [-0.2, -0.15) is 0 Å². The molecule has 162 valence electrons. The van der Waals surface area contributed by atoms with E-state index >= 15 is 0 Å². The van der Waals surface area contributed by atoms with E-state index in [0.29, 0.717) is 16.9 Å². The highest BCUT2D eigenvalue weighted by Gasteiger charge is 2.31. The Hall–Kier alpha value is -2.92. The fourth-order valence-corrected chi connectivity index (χ4v) is 5.06. The molecule has 0 aliphatic heterocycles. The average molecular weight is 437 g/mol. The van der Waals surface area contributed by atoms with Crippen LogP contribution in [0.3, 0.4) is 0 Å². The molecule has 0 amide bonds. The molecule has 3 aromatic carbocycles. The lowest BCUT2D eigenvalue weighted by molar-refractivity contribution is 0.0980. The minimum atomic E-state index is -3.77. The Labute approximate surface area is 184 Å². The summed E-state index contributed by atoms with van der Waals surface area (Å²) < 4.78 is 32.8. The molecule has 0 spiro atoms. The molecule has 0 fully saturated rings. The second-order valence-corrected chi connectivity index (χ2v) is 10.8. The number of carbonyl (C=O) groups is 1. The molecule has 31 heavy (non-hydrogen) atoms. The molecule has 0 heterocycles. The molecule has 0 saturated carbocycles. The molecular weight excluding hydrogens is 408 g/mol. The van der Waals surface area contributed by atoms with Gasteiger partial charge in [0.2, 0.25) is 0 Å². The third kappa shape index (κ3) is 5.82. The molecule has 0 aromatic heterocycles. The minimum Gasteiger partial charge on any atom is -0.488 e. The Morgan fingerprint density at radius 3 is 2.00 bits per heavy atom. The highest BCUT2D eigenvalue weighted by Crippen LogP contribution is 2.34. The minimum absolute atomic E-state index is 0.139. The zero-order valence-corrected chi connectivity index (χ0v) is 19.1. The van der Waals surface area contributed by atoms with Crippen molar-refractivity contribution in [2.24, 2.45) is 0 Å². The highest BCUT2D eigenvalue weighted by molar-refractivity contribution is 7.91. The van der Waals surface area contributed by atoms with Crippen LogP contribution in [0.5, 0.6) is 5.75 Å². The molecule has 3 rings (SSSR count). The zero-order chi connectivity index (χ0) is 22.6. The normalized spacial score (nSPS) is 12.9. The fourth-order valence-electron chi connectivity index (χ4n) is 3.31. The Balaban J connectivity index is 1.98. The molecule has 3 aromatic rings. The molecular formula is C26H28O4S. The number of ketones is 1. The maximum atomic E-state index is 13.5. The van der Waals surface area contributed by atoms with Crippen LogP contribution in [0.1, 0.15) is 53.9 Å². The molecule has 5 heteroatoms. The summed E-state index contributed by atoms with van der Waals surface area (Å²) in [5, 5.41) is -0.993. The van der Waals surface area contributed by atoms with Gasteiger partial charge in [-0.15, -0.1) is 0 Å². The molecule has 0 N–H and O–H groups in total. The Kier molecular flexibility index (Phi) is 6.65. The average Bonchev–Trinajstić information content (AvgIpc) is 2.72. The number of carbonyl (C=O) groups excluding carboxylic acids is 1. The second kappa shape index (κ2) is 9.06. The van der Waals surface area contributed by atoms with Gasteiger partial charge in [0.15, 0.2) is 15.6 Å². The van der Waals surface area contributed by atoms with E-state index in [-0.39, 0.29) is 22.7 Å². The standard InChI is InChI=1S/C26H28O4S/c1-19-10-12-20(13-11-19)24(27)18-25(31(28,29)23-8-6-5-7-9-23)21-14-16-22(17-15-21)30-26(2,3)4/h5-17,25H,18H2,1-4H3. The number of Topliss-reactive ketones (excluding diaryl/α,β-unsaturated/α-hetero) is 1. The maximum absolute atomic E-state index is 13.5. The number of ether oxygens (including phenoxy) is 1. The summed E-state index contributed by atoms with van der Waals surface area (Å²) in [6.07, 6.45) is -0.139. The summed E-state index contributed by atoms with van der Waals surface area (Å²) in [5.74, 6) is 0.441. The van der Waals surface area contributed by atoms with Gasteiger partial charge in [0.25, 0.3) is 0 Å². The molecule has 0 aliphatic rings. The fraction of sp³-hybridized carbons (Fsp3) is 0.269. The van der Waals surface area contributed by atoms with Crippen LogP contribution in [0.15, 0.2) is 83.8 Å². The smallest absolute Gasteiger partial charge is 0.185 e. The number of benzene rings is 3. The summed E-state index contributed by atoms with van der Waals surface area (Å²) in [6.45, 7) is 7.79. The van der Waals surface area contributed by atoms with Gasteiger partial charge in [-0.1, -0.05) is 60.2 Å². The molecule has 0 radical (unpaired) electrons. The summed E-state index contributed by atoms with van der Waals surface area (Å²) in [6, 6.07) is 22.4. The van der Waals surface area contributed by atoms with Gasteiger partial charge < -0.3 is 4.74 Å². The van der Waals surface area contributed by atoms with Crippen LogP contribution in [0.25, 0.3) is 0 Å². The van der Waals surface area contributed by atoms with E-state index in [9.17, 15) is 13.2 Å². The van der Waals surface area contributed by atoms with Crippen molar-refractivity contribution in [1.82, 2.24) is 0 Å². The van der Waals surface area contributed by atoms with Crippen molar-refractivity contribution < 1.29 is 17.9 Å². The van der Waals surface area contributed by atoms with Crippen molar-refractivity contribution in [1.29, 1.82) is 0 Å². The van der Waals surface area contributed by atoms with Crippen LogP contribution in [-0.4, -0.2) is 19.8 Å². The first kappa shape index (κ1) is 22.8. The maximum Gasteiger partial charge on any atom is 0.185 e. The highest BCUT2D eigenvalue weighted by atomic mass is 32.2. The van der Waals surface area contributed by atoms with Crippen molar-refractivity contribution in [3.63, 3.8) is 0 Å². The monoisotopic (exact) mass is 436 g/mol. The predicted octanol–water partition coefficient (Wildman–Crippen LogP) is 5.96. The molecule has 1 atom stereocenters. The van der Waals surface area contributed by atoms with Gasteiger partial charge in [-0.3, -0.25) is 4.79 Å². The molecule has 0 bridgehead atoms. The SMILES string of the molecule is Cc1ccc(C(=O)CC(c2ccc(OC(C)(C)C)cc2)S(=O)(=O)c2ccccc2)cc1. The number of hydrogen-bond donors (Lipinski definition) is 0. The lowest BCUT2D eigenvalue weighted by atomic mass is 10.0. The van der Waals surface area contributed by atoms with Gasteiger partial charge in [-0.25, -0.2) is 8.42 Å².